The van der Waals surface area contributed by atoms with E-state index in [0.29, 0.717) is 40.8 Å². The maximum Gasteiger partial charge on any atom is 0.338 e. The third-order valence-electron chi connectivity index (χ3n) is 8.51. The summed E-state index contributed by atoms with van der Waals surface area (Å²) in [6.07, 6.45) is 6.32. The Bertz CT molecular complexity index is 863. The molecule has 1 aromatic carbocycles. The molecule has 0 radical (unpaired) electrons. The number of esters is 1. The summed E-state index contributed by atoms with van der Waals surface area (Å²) in [7, 11) is 0. The van der Waals surface area contributed by atoms with Gasteiger partial charge in [-0.05, 0) is 86.0 Å². The molecule has 0 spiro atoms. The number of ether oxygens (including phenoxy) is 1. The number of amides is 2. The molecule has 166 valence electrons. The number of fused-ring (bicyclic) bond motifs is 5. The second kappa shape index (κ2) is 7.75. The van der Waals surface area contributed by atoms with Gasteiger partial charge in [-0.2, -0.15) is 0 Å². The molecule has 1 saturated heterocycles. The van der Waals surface area contributed by atoms with Crippen LogP contribution in [0.3, 0.4) is 0 Å². The number of carbonyl (C=O) groups excluding carboxylic acids is 3. The first-order valence-corrected chi connectivity index (χ1v) is 12.0. The van der Waals surface area contributed by atoms with Gasteiger partial charge in [0, 0.05) is 0 Å². The molecule has 0 unspecified atom stereocenters. The Morgan fingerprint density at radius 3 is 2.13 bits per heavy atom. The van der Waals surface area contributed by atoms with Crippen LogP contribution in [0.1, 0.15) is 69.7 Å². The number of anilines is 1. The van der Waals surface area contributed by atoms with Gasteiger partial charge in [-0.3, -0.25) is 14.5 Å². The standard InChI is InChI=1S/C26H33NO4/c1-14(2)20-11-4-15(3)12-21(20)31-26(30)16-7-9-19(10-8-16)27-24(28)22-17-5-6-18(13-17)23(22)25(27)29/h7-10,14-15,17-18,20-23H,4-6,11-13H2,1-3H3/t15-,17-,18+,20-,21+,22-,23+/m0/s1. The Labute approximate surface area is 184 Å². The Morgan fingerprint density at radius 1 is 0.935 bits per heavy atom. The number of imide groups is 1. The number of nitrogens with zero attached hydrogens (tertiary/aromatic N) is 1. The minimum absolute atomic E-state index is 0.0477. The Balaban J connectivity index is 1.29. The topological polar surface area (TPSA) is 63.7 Å². The second-order valence-electron chi connectivity index (χ2n) is 10.7. The van der Waals surface area contributed by atoms with Gasteiger partial charge in [0.25, 0.3) is 0 Å². The zero-order valence-electron chi connectivity index (χ0n) is 18.8. The summed E-state index contributed by atoms with van der Waals surface area (Å²) in [5.74, 6) is 1.53. The molecular formula is C26H33NO4. The molecule has 31 heavy (non-hydrogen) atoms. The van der Waals surface area contributed by atoms with Gasteiger partial charge in [0.1, 0.15) is 6.10 Å². The molecule has 1 aromatic rings. The van der Waals surface area contributed by atoms with Crippen molar-refractivity contribution in [3.05, 3.63) is 29.8 Å². The lowest BCUT2D eigenvalue weighted by atomic mass is 9.75. The lowest BCUT2D eigenvalue weighted by Gasteiger charge is -2.36. The van der Waals surface area contributed by atoms with Gasteiger partial charge in [-0.25, -0.2) is 4.79 Å². The van der Waals surface area contributed by atoms with Gasteiger partial charge < -0.3 is 4.74 Å². The van der Waals surface area contributed by atoms with E-state index >= 15 is 0 Å². The molecule has 3 saturated carbocycles. The van der Waals surface area contributed by atoms with E-state index in [4.69, 9.17) is 4.74 Å². The maximum absolute atomic E-state index is 13.0. The monoisotopic (exact) mass is 423 g/mol. The van der Waals surface area contributed by atoms with E-state index in [2.05, 4.69) is 20.8 Å². The van der Waals surface area contributed by atoms with Gasteiger partial charge >= 0.3 is 5.97 Å². The number of benzene rings is 1. The summed E-state index contributed by atoms with van der Waals surface area (Å²) in [5, 5.41) is 0. The number of hydrogen-bond donors (Lipinski definition) is 0. The van der Waals surface area contributed by atoms with Gasteiger partial charge in [0.05, 0.1) is 23.1 Å². The van der Waals surface area contributed by atoms with Gasteiger partial charge in [-0.15, -0.1) is 0 Å². The van der Waals surface area contributed by atoms with Crippen LogP contribution in [0.2, 0.25) is 0 Å². The van der Waals surface area contributed by atoms with E-state index in [9.17, 15) is 14.4 Å². The zero-order chi connectivity index (χ0) is 21.9. The lowest BCUT2D eigenvalue weighted by molar-refractivity contribution is -0.123. The number of rotatable bonds is 4. The third kappa shape index (κ3) is 3.41. The highest BCUT2D eigenvalue weighted by molar-refractivity contribution is 6.22. The van der Waals surface area contributed by atoms with Crippen LogP contribution >= 0.6 is 0 Å². The van der Waals surface area contributed by atoms with Crippen molar-refractivity contribution in [1.29, 1.82) is 0 Å². The molecule has 5 rings (SSSR count). The molecule has 4 aliphatic rings. The molecular weight excluding hydrogens is 390 g/mol. The summed E-state index contributed by atoms with van der Waals surface area (Å²) in [6, 6.07) is 6.83. The van der Waals surface area contributed by atoms with Crippen molar-refractivity contribution in [3.63, 3.8) is 0 Å². The van der Waals surface area contributed by atoms with Crippen LogP contribution in [0.4, 0.5) is 5.69 Å². The third-order valence-corrected chi connectivity index (χ3v) is 8.51. The fraction of sp³-hybridized carbons (Fsp3) is 0.654. The molecule has 2 amide bonds. The van der Waals surface area contributed by atoms with Crippen LogP contribution in [0.5, 0.6) is 0 Å². The first kappa shape index (κ1) is 20.7. The second-order valence-corrected chi connectivity index (χ2v) is 10.7. The average molecular weight is 424 g/mol. The summed E-state index contributed by atoms with van der Waals surface area (Å²) >= 11 is 0. The van der Waals surface area contributed by atoms with E-state index < -0.39 is 0 Å². The molecule has 3 aliphatic carbocycles. The van der Waals surface area contributed by atoms with Crippen LogP contribution in [-0.4, -0.2) is 23.9 Å². The van der Waals surface area contributed by atoms with Crippen molar-refractivity contribution in [2.75, 3.05) is 4.90 Å². The minimum Gasteiger partial charge on any atom is -0.458 e. The fourth-order valence-electron chi connectivity index (χ4n) is 6.87. The Kier molecular flexibility index (Phi) is 5.18. The summed E-state index contributed by atoms with van der Waals surface area (Å²) in [6.45, 7) is 6.61. The molecule has 7 atom stereocenters. The first-order chi connectivity index (χ1) is 14.8. The molecule has 0 aromatic heterocycles. The highest BCUT2D eigenvalue weighted by Gasteiger charge is 2.61. The number of hydrogen-bond acceptors (Lipinski definition) is 4. The number of carbonyl (C=O) groups is 3. The Hall–Kier alpha value is -2.17. The van der Waals surface area contributed by atoms with Crippen molar-refractivity contribution in [2.24, 2.45) is 41.4 Å². The van der Waals surface area contributed by atoms with Gasteiger partial charge in [-0.1, -0.05) is 27.2 Å². The molecule has 4 fully saturated rings. The average Bonchev–Trinajstić information content (AvgIpc) is 3.42. The summed E-state index contributed by atoms with van der Waals surface area (Å²) in [5.41, 5.74) is 1.05. The summed E-state index contributed by atoms with van der Waals surface area (Å²) in [4.78, 5) is 40.2. The molecule has 5 nitrogen and oxygen atoms in total. The van der Waals surface area contributed by atoms with Gasteiger partial charge in [0.15, 0.2) is 0 Å². The van der Waals surface area contributed by atoms with Crippen molar-refractivity contribution in [3.8, 4) is 0 Å². The predicted octanol–water partition coefficient (Wildman–Crippen LogP) is 4.84. The maximum atomic E-state index is 13.0. The molecule has 1 aliphatic heterocycles. The van der Waals surface area contributed by atoms with Crippen LogP contribution in [-0.2, 0) is 14.3 Å². The molecule has 5 heteroatoms. The van der Waals surface area contributed by atoms with E-state index in [1.165, 1.54) is 11.3 Å². The van der Waals surface area contributed by atoms with E-state index in [1.807, 2.05) is 0 Å². The molecule has 2 bridgehead atoms. The van der Waals surface area contributed by atoms with E-state index in [0.717, 1.165) is 32.1 Å². The fourth-order valence-corrected chi connectivity index (χ4v) is 6.87. The van der Waals surface area contributed by atoms with Crippen molar-refractivity contribution < 1.29 is 19.1 Å². The lowest BCUT2D eigenvalue weighted by Crippen LogP contribution is -2.36. The quantitative estimate of drug-likeness (QED) is 0.513. The first-order valence-electron chi connectivity index (χ1n) is 12.0. The summed E-state index contributed by atoms with van der Waals surface area (Å²) < 4.78 is 5.94. The van der Waals surface area contributed by atoms with Crippen LogP contribution in [0.25, 0.3) is 0 Å². The van der Waals surface area contributed by atoms with Crippen LogP contribution in [0.15, 0.2) is 24.3 Å². The van der Waals surface area contributed by atoms with E-state index in [1.54, 1.807) is 24.3 Å². The van der Waals surface area contributed by atoms with Crippen LogP contribution < -0.4 is 4.90 Å². The zero-order valence-corrected chi connectivity index (χ0v) is 18.8. The highest BCUT2D eigenvalue weighted by atomic mass is 16.5. The minimum atomic E-state index is -0.315. The molecule has 1 heterocycles. The van der Waals surface area contributed by atoms with E-state index in [-0.39, 0.29) is 35.7 Å². The smallest absolute Gasteiger partial charge is 0.338 e. The Morgan fingerprint density at radius 2 is 1.55 bits per heavy atom. The van der Waals surface area contributed by atoms with Crippen LogP contribution in [0, 0.1) is 41.4 Å². The predicted molar refractivity (Wildman–Crippen MR) is 117 cm³/mol. The van der Waals surface area contributed by atoms with Crippen molar-refractivity contribution in [1.82, 2.24) is 0 Å². The largest absolute Gasteiger partial charge is 0.458 e. The molecule has 0 N–H and O–H groups in total. The van der Waals surface area contributed by atoms with Crippen molar-refractivity contribution in [2.45, 2.75) is 65.4 Å². The normalized spacial score (nSPS) is 36.9. The SMILES string of the molecule is CC(C)[C@@H]1CC[C@H](C)C[C@H]1OC(=O)c1ccc(N2C(=O)[C@@H]3[C@@H]4CC[C@@H](C4)[C@@H]3C2=O)cc1. The van der Waals surface area contributed by atoms with Gasteiger partial charge in [0.2, 0.25) is 11.8 Å². The van der Waals surface area contributed by atoms with Crippen molar-refractivity contribution >= 4 is 23.5 Å². The highest BCUT2D eigenvalue weighted by Crippen LogP contribution is 2.56.